The van der Waals surface area contributed by atoms with Crippen LogP contribution in [0.15, 0.2) is 48.5 Å². The van der Waals surface area contributed by atoms with E-state index in [2.05, 4.69) is 10.6 Å². The third-order valence-corrected chi connectivity index (χ3v) is 7.95. The summed E-state index contributed by atoms with van der Waals surface area (Å²) in [4.78, 5) is 41.7. The standard InChI is InChI=1S/C29H39N3O5S/c1-7-19-20(14-11-15-22(19)33)25(35)30-21(16-18-12-9-8-10-13-18)23(34)27(37)32-17-38-29(5,6)24(32)26(36)31-28(2,3)4/h8-15,21,23-24,33-34H,7,16-17H2,1-6H3,(H,30,35)(H,31,36)/t21-,23-,24?/m0/s1. The van der Waals surface area contributed by atoms with Crippen molar-refractivity contribution in [2.45, 2.75) is 82.9 Å². The van der Waals surface area contributed by atoms with Crippen molar-refractivity contribution >= 4 is 29.5 Å². The quantitative estimate of drug-likeness (QED) is 0.407. The first kappa shape index (κ1) is 29.5. The van der Waals surface area contributed by atoms with E-state index in [0.717, 1.165) is 5.56 Å². The van der Waals surface area contributed by atoms with Gasteiger partial charge in [-0.05, 0) is 65.2 Å². The number of nitrogens with zero attached hydrogens (tertiary/aromatic N) is 1. The summed E-state index contributed by atoms with van der Waals surface area (Å²) in [5, 5.41) is 27.4. The van der Waals surface area contributed by atoms with Crippen LogP contribution in [-0.2, 0) is 22.4 Å². The van der Waals surface area contributed by atoms with Crippen LogP contribution < -0.4 is 10.6 Å². The van der Waals surface area contributed by atoms with Gasteiger partial charge in [0.1, 0.15) is 11.8 Å². The molecular weight excluding hydrogens is 502 g/mol. The number of aliphatic hydroxyl groups is 1. The van der Waals surface area contributed by atoms with Crippen molar-refractivity contribution in [1.29, 1.82) is 0 Å². The maximum Gasteiger partial charge on any atom is 0.254 e. The molecule has 1 aliphatic rings. The Kier molecular flexibility index (Phi) is 9.15. The van der Waals surface area contributed by atoms with Gasteiger partial charge in [-0.15, -0.1) is 11.8 Å². The van der Waals surface area contributed by atoms with Crippen molar-refractivity contribution in [3.05, 3.63) is 65.2 Å². The second-order valence-electron chi connectivity index (χ2n) is 11.2. The average molecular weight is 542 g/mol. The molecule has 206 valence electrons. The van der Waals surface area contributed by atoms with Crippen LogP contribution in [-0.4, -0.2) is 67.2 Å². The summed E-state index contributed by atoms with van der Waals surface area (Å²) in [6, 6.07) is 12.2. The van der Waals surface area contributed by atoms with E-state index in [9.17, 15) is 24.6 Å². The van der Waals surface area contributed by atoms with E-state index in [1.54, 1.807) is 12.1 Å². The predicted octanol–water partition coefficient (Wildman–Crippen LogP) is 3.25. The van der Waals surface area contributed by atoms with Gasteiger partial charge in [0.15, 0.2) is 6.10 Å². The molecule has 9 heteroatoms. The number of carbonyl (C=O) groups is 3. The highest BCUT2D eigenvalue weighted by atomic mass is 32.2. The third-order valence-electron chi connectivity index (χ3n) is 6.57. The third kappa shape index (κ3) is 6.88. The van der Waals surface area contributed by atoms with Crippen molar-refractivity contribution in [1.82, 2.24) is 15.5 Å². The Hall–Kier alpha value is -3.04. The molecule has 0 bridgehead atoms. The second kappa shape index (κ2) is 11.8. The summed E-state index contributed by atoms with van der Waals surface area (Å²) in [5.41, 5.74) is 1.11. The zero-order valence-corrected chi connectivity index (χ0v) is 23.8. The maximum absolute atomic E-state index is 13.7. The molecule has 4 N–H and O–H groups in total. The fraction of sp³-hybridized carbons (Fsp3) is 0.483. The van der Waals surface area contributed by atoms with Crippen LogP contribution in [0.3, 0.4) is 0 Å². The first-order chi connectivity index (χ1) is 17.7. The van der Waals surface area contributed by atoms with E-state index in [-0.39, 0.29) is 29.5 Å². The Labute approximate surface area is 229 Å². The molecule has 2 aromatic rings. The fourth-order valence-electron chi connectivity index (χ4n) is 4.71. The summed E-state index contributed by atoms with van der Waals surface area (Å²) in [6.45, 7) is 11.3. The SMILES string of the molecule is CCc1c(O)cccc1C(=O)N[C@@H](Cc1ccccc1)[C@H](O)C(=O)N1CSC(C)(C)C1C(=O)NC(C)(C)C. The highest BCUT2D eigenvalue weighted by molar-refractivity contribution is 8.00. The summed E-state index contributed by atoms with van der Waals surface area (Å²) >= 11 is 1.47. The van der Waals surface area contributed by atoms with Gasteiger partial charge in [-0.3, -0.25) is 14.4 Å². The lowest BCUT2D eigenvalue weighted by atomic mass is 9.96. The maximum atomic E-state index is 13.7. The van der Waals surface area contributed by atoms with E-state index in [0.29, 0.717) is 12.0 Å². The Balaban J connectivity index is 1.91. The summed E-state index contributed by atoms with van der Waals surface area (Å²) in [5.74, 6) is -1.15. The highest BCUT2D eigenvalue weighted by Gasteiger charge is 2.50. The molecule has 0 aromatic heterocycles. The molecule has 1 aliphatic heterocycles. The number of carbonyl (C=O) groups excluding carboxylic acids is 3. The number of thioether (sulfide) groups is 1. The van der Waals surface area contributed by atoms with Gasteiger partial charge >= 0.3 is 0 Å². The number of phenolic OH excluding ortho intramolecular Hbond substituents is 1. The van der Waals surface area contributed by atoms with Gasteiger partial charge in [0, 0.05) is 21.4 Å². The smallest absolute Gasteiger partial charge is 0.254 e. The number of rotatable bonds is 8. The van der Waals surface area contributed by atoms with Gasteiger partial charge in [0.25, 0.3) is 11.8 Å². The normalized spacial score (nSPS) is 18.5. The first-order valence-corrected chi connectivity index (χ1v) is 13.8. The molecule has 3 rings (SSSR count). The molecule has 3 amide bonds. The van der Waals surface area contributed by atoms with E-state index in [1.807, 2.05) is 71.9 Å². The van der Waals surface area contributed by atoms with Crippen LogP contribution in [0.4, 0.5) is 0 Å². The average Bonchev–Trinajstić information content (AvgIpc) is 3.17. The van der Waals surface area contributed by atoms with Crippen LogP contribution in [0, 0.1) is 0 Å². The van der Waals surface area contributed by atoms with Gasteiger partial charge < -0.3 is 25.7 Å². The van der Waals surface area contributed by atoms with Gasteiger partial charge in [0.2, 0.25) is 5.91 Å². The number of benzene rings is 2. The monoisotopic (exact) mass is 541 g/mol. The Morgan fingerprint density at radius 1 is 1.11 bits per heavy atom. The molecule has 0 aliphatic carbocycles. The minimum absolute atomic E-state index is 0.0143. The number of aliphatic hydroxyl groups excluding tert-OH is 1. The predicted molar refractivity (Wildman–Crippen MR) is 150 cm³/mol. The molecule has 2 aromatic carbocycles. The second-order valence-corrected chi connectivity index (χ2v) is 12.8. The van der Waals surface area contributed by atoms with E-state index in [4.69, 9.17) is 0 Å². The van der Waals surface area contributed by atoms with Gasteiger partial charge in [-0.2, -0.15) is 0 Å². The molecule has 3 atom stereocenters. The molecule has 38 heavy (non-hydrogen) atoms. The molecule has 1 unspecified atom stereocenters. The van der Waals surface area contributed by atoms with Crippen molar-refractivity contribution < 1.29 is 24.6 Å². The molecule has 0 radical (unpaired) electrons. The van der Waals surface area contributed by atoms with Crippen LogP contribution in [0.5, 0.6) is 5.75 Å². The molecule has 8 nitrogen and oxygen atoms in total. The minimum Gasteiger partial charge on any atom is -0.508 e. The van der Waals surface area contributed by atoms with Crippen LogP contribution in [0.25, 0.3) is 0 Å². The number of aromatic hydroxyl groups is 1. The molecule has 1 fully saturated rings. The molecular formula is C29H39N3O5S. The van der Waals surface area contributed by atoms with Gasteiger partial charge in [-0.1, -0.05) is 43.3 Å². The largest absolute Gasteiger partial charge is 0.508 e. The Morgan fingerprint density at radius 3 is 2.37 bits per heavy atom. The number of amides is 3. The van der Waals surface area contributed by atoms with Gasteiger partial charge in [0.05, 0.1) is 11.9 Å². The van der Waals surface area contributed by atoms with Crippen molar-refractivity contribution in [2.24, 2.45) is 0 Å². The van der Waals surface area contributed by atoms with Gasteiger partial charge in [-0.25, -0.2) is 0 Å². The zero-order valence-electron chi connectivity index (χ0n) is 22.9. The Morgan fingerprint density at radius 2 is 1.76 bits per heavy atom. The number of hydrogen-bond acceptors (Lipinski definition) is 6. The minimum atomic E-state index is -1.60. The van der Waals surface area contributed by atoms with E-state index >= 15 is 0 Å². The van der Waals surface area contributed by atoms with Crippen LogP contribution in [0.2, 0.25) is 0 Å². The van der Waals surface area contributed by atoms with Crippen LogP contribution in [0.1, 0.15) is 63.0 Å². The summed E-state index contributed by atoms with van der Waals surface area (Å²) < 4.78 is -0.569. The zero-order chi connectivity index (χ0) is 28.3. The summed E-state index contributed by atoms with van der Waals surface area (Å²) in [7, 11) is 0. The molecule has 0 spiro atoms. The lowest BCUT2D eigenvalue weighted by Crippen LogP contribution is -2.60. The van der Waals surface area contributed by atoms with Crippen LogP contribution >= 0.6 is 11.8 Å². The van der Waals surface area contributed by atoms with E-state index in [1.165, 1.54) is 22.7 Å². The number of nitrogens with one attached hydrogen (secondary N) is 2. The number of hydrogen-bond donors (Lipinski definition) is 4. The van der Waals surface area contributed by atoms with E-state index < -0.39 is 40.3 Å². The fourth-order valence-corrected chi connectivity index (χ4v) is 5.85. The molecule has 1 heterocycles. The topological polar surface area (TPSA) is 119 Å². The lowest BCUT2D eigenvalue weighted by Gasteiger charge is -2.35. The molecule has 1 saturated heterocycles. The van der Waals surface area contributed by atoms with Crippen molar-refractivity contribution in [3.8, 4) is 5.75 Å². The lowest BCUT2D eigenvalue weighted by molar-refractivity contribution is -0.147. The highest BCUT2D eigenvalue weighted by Crippen LogP contribution is 2.40. The van der Waals surface area contributed by atoms with Crippen molar-refractivity contribution in [3.63, 3.8) is 0 Å². The number of phenols is 1. The Bertz CT molecular complexity index is 1160. The summed E-state index contributed by atoms with van der Waals surface area (Å²) in [6.07, 6.45) is -0.963. The molecule has 0 saturated carbocycles. The van der Waals surface area contributed by atoms with Crippen molar-refractivity contribution in [2.75, 3.05) is 5.88 Å². The first-order valence-electron chi connectivity index (χ1n) is 12.9.